The predicted octanol–water partition coefficient (Wildman–Crippen LogP) is 7.54. The summed E-state index contributed by atoms with van der Waals surface area (Å²) in [6.45, 7) is 7.45. The van der Waals surface area contributed by atoms with Crippen molar-refractivity contribution in [3.63, 3.8) is 0 Å². The van der Waals surface area contributed by atoms with Gasteiger partial charge in [0.05, 0.1) is 11.6 Å². The fourth-order valence-electron chi connectivity index (χ4n) is 5.54. The lowest BCUT2D eigenvalue weighted by molar-refractivity contribution is 0.159. The molecule has 0 amide bonds. The molecular weight excluding hydrogens is 464 g/mol. The molecule has 1 fully saturated rings. The second kappa shape index (κ2) is 13.7. The van der Waals surface area contributed by atoms with E-state index in [0.717, 1.165) is 55.1 Å². The van der Waals surface area contributed by atoms with E-state index in [9.17, 15) is 5.26 Å². The molecular formula is C34H40N4. The number of benzene rings is 3. The summed E-state index contributed by atoms with van der Waals surface area (Å²) in [5, 5.41) is 12.8. The van der Waals surface area contributed by atoms with Crippen molar-refractivity contribution in [3.8, 4) is 17.2 Å². The molecule has 0 spiro atoms. The predicted molar refractivity (Wildman–Crippen MR) is 159 cm³/mol. The molecule has 0 bridgehead atoms. The van der Waals surface area contributed by atoms with Crippen LogP contribution in [0.25, 0.3) is 11.1 Å². The lowest BCUT2D eigenvalue weighted by Crippen LogP contribution is -2.35. The normalized spacial score (nSPS) is 16.2. The molecule has 1 aliphatic heterocycles. The van der Waals surface area contributed by atoms with Gasteiger partial charge in [0, 0.05) is 25.7 Å². The van der Waals surface area contributed by atoms with Crippen LogP contribution in [0.5, 0.6) is 0 Å². The molecule has 0 aromatic heterocycles. The minimum atomic E-state index is 0.484. The van der Waals surface area contributed by atoms with Crippen LogP contribution in [0.2, 0.25) is 0 Å². The van der Waals surface area contributed by atoms with Crippen molar-refractivity contribution >= 4 is 5.84 Å². The van der Waals surface area contributed by atoms with Crippen molar-refractivity contribution in [2.24, 2.45) is 10.9 Å². The van der Waals surface area contributed by atoms with Crippen LogP contribution < -0.4 is 5.32 Å². The first-order valence-corrected chi connectivity index (χ1v) is 13.8. The Labute approximate surface area is 228 Å². The fraction of sp³-hybridized carbons (Fsp3) is 0.353. The van der Waals surface area contributed by atoms with Crippen molar-refractivity contribution in [2.75, 3.05) is 20.1 Å². The summed E-state index contributed by atoms with van der Waals surface area (Å²) in [4.78, 5) is 7.15. The third-order valence-corrected chi connectivity index (χ3v) is 7.85. The van der Waals surface area contributed by atoms with Gasteiger partial charge >= 0.3 is 0 Å². The van der Waals surface area contributed by atoms with E-state index in [-0.39, 0.29) is 0 Å². The number of likely N-dealkylation sites (tertiary alicyclic amines) is 1. The molecule has 1 atom stereocenters. The van der Waals surface area contributed by atoms with Crippen molar-refractivity contribution in [1.29, 1.82) is 5.26 Å². The monoisotopic (exact) mass is 504 g/mol. The molecule has 3 aromatic carbocycles. The number of piperidine rings is 1. The molecule has 4 nitrogen and oxygen atoms in total. The van der Waals surface area contributed by atoms with Gasteiger partial charge in [0.25, 0.3) is 0 Å². The van der Waals surface area contributed by atoms with Crippen LogP contribution in [0.15, 0.2) is 95.6 Å². The average Bonchev–Trinajstić information content (AvgIpc) is 2.98. The minimum Gasteiger partial charge on any atom is -0.348 e. The topological polar surface area (TPSA) is 51.4 Å². The number of aliphatic imine (C=N–C) groups is 1. The second-order valence-electron chi connectivity index (χ2n) is 10.3. The number of nitrogens with zero attached hydrogens (tertiary/aromatic N) is 3. The highest BCUT2D eigenvalue weighted by atomic mass is 15.1. The minimum absolute atomic E-state index is 0.484. The molecule has 0 saturated carbocycles. The van der Waals surface area contributed by atoms with E-state index in [2.05, 4.69) is 102 Å². The maximum absolute atomic E-state index is 9.29. The van der Waals surface area contributed by atoms with E-state index < -0.39 is 0 Å². The molecule has 1 aliphatic rings. The Bertz CT molecular complexity index is 1260. The first-order chi connectivity index (χ1) is 18.6. The van der Waals surface area contributed by atoms with Crippen LogP contribution in [-0.2, 0) is 6.54 Å². The Hall–Kier alpha value is -3.68. The van der Waals surface area contributed by atoms with Gasteiger partial charge < -0.3 is 5.32 Å². The summed E-state index contributed by atoms with van der Waals surface area (Å²) < 4.78 is 0. The molecule has 0 aliphatic carbocycles. The SMILES string of the molecule is C/C=C(\C)NC(CCC(c1ccc(-c2cccc(C#N)c2)cc1)C1CCN(Cc2ccccc2)CC1)=NC. The highest BCUT2D eigenvalue weighted by molar-refractivity contribution is 5.83. The van der Waals surface area contributed by atoms with Crippen molar-refractivity contribution in [1.82, 2.24) is 10.2 Å². The number of hydrogen-bond acceptors (Lipinski definition) is 3. The Balaban J connectivity index is 1.49. The molecule has 38 heavy (non-hydrogen) atoms. The Morgan fingerprint density at radius 3 is 2.42 bits per heavy atom. The fourth-order valence-corrected chi connectivity index (χ4v) is 5.54. The number of nitriles is 1. The quantitative estimate of drug-likeness (QED) is 0.242. The van der Waals surface area contributed by atoms with Gasteiger partial charge in [-0.3, -0.25) is 9.89 Å². The summed E-state index contributed by atoms with van der Waals surface area (Å²) in [6, 6.07) is 30.0. The molecule has 1 N–H and O–H groups in total. The molecule has 1 heterocycles. The van der Waals surface area contributed by atoms with E-state index in [1.165, 1.54) is 24.0 Å². The molecule has 3 aromatic rings. The summed E-state index contributed by atoms with van der Waals surface area (Å²) in [7, 11) is 1.88. The van der Waals surface area contributed by atoms with Gasteiger partial charge in [-0.2, -0.15) is 5.26 Å². The third-order valence-electron chi connectivity index (χ3n) is 7.85. The van der Waals surface area contributed by atoms with Gasteiger partial charge in [0.2, 0.25) is 0 Å². The van der Waals surface area contributed by atoms with Crippen LogP contribution in [0.3, 0.4) is 0 Å². The molecule has 1 unspecified atom stereocenters. The van der Waals surface area contributed by atoms with E-state index >= 15 is 0 Å². The average molecular weight is 505 g/mol. The second-order valence-corrected chi connectivity index (χ2v) is 10.3. The standard InChI is InChI=1S/C34H40N4/c1-4-26(2)37-34(36-3)18-17-33(31-19-21-38(22-20-31)25-27-9-6-5-7-10-27)30-15-13-29(14-16-30)32-12-8-11-28(23-32)24-35/h4-16,23,31,33H,17-22,25H2,1-3H3,(H,36,37)/b26-4+. The van der Waals surface area contributed by atoms with Crippen LogP contribution in [0, 0.1) is 17.2 Å². The Morgan fingerprint density at radius 1 is 1.03 bits per heavy atom. The number of nitrogens with one attached hydrogen (secondary N) is 1. The van der Waals surface area contributed by atoms with Gasteiger partial charge in [-0.25, -0.2) is 0 Å². The summed E-state index contributed by atoms with van der Waals surface area (Å²) in [6.07, 6.45) is 6.52. The number of allylic oxidation sites excluding steroid dienone is 2. The zero-order valence-corrected chi connectivity index (χ0v) is 23.0. The zero-order chi connectivity index (χ0) is 26.7. The largest absolute Gasteiger partial charge is 0.348 e. The van der Waals surface area contributed by atoms with Gasteiger partial charge in [0.1, 0.15) is 5.84 Å². The zero-order valence-electron chi connectivity index (χ0n) is 23.0. The first-order valence-electron chi connectivity index (χ1n) is 13.8. The maximum atomic E-state index is 9.29. The maximum Gasteiger partial charge on any atom is 0.100 e. The summed E-state index contributed by atoms with van der Waals surface area (Å²) >= 11 is 0. The van der Waals surface area contributed by atoms with Crippen LogP contribution in [-0.4, -0.2) is 30.9 Å². The molecule has 4 heteroatoms. The van der Waals surface area contributed by atoms with Crippen molar-refractivity contribution < 1.29 is 0 Å². The number of hydrogen-bond donors (Lipinski definition) is 1. The number of rotatable bonds is 9. The Morgan fingerprint density at radius 2 is 1.76 bits per heavy atom. The Kier molecular flexibility index (Phi) is 9.90. The molecule has 4 rings (SSSR count). The van der Waals surface area contributed by atoms with Gasteiger partial charge in [0.15, 0.2) is 0 Å². The first kappa shape index (κ1) is 27.4. The van der Waals surface area contributed by atoms with Gasteiger partial charge in [-0.15, -0.1) is 0 Å². The smallest absolute Gasteiger partial charge is 0.100 e. The lowest BCUT2D eigenvalue weighted by Gasteiger charge is -2.36. The van der Waals surface area contributed by atoms with E-state index in [1.54, 1.807) is 0 Å². The molecule has 196 valence electrons. The van der Waals surface area contributed by atoms with Crippen molar-refractivity contribution in [2.45, 2.75) is 52.0 Å². The van der Waals surface area contributed by atoms with Crippen molar-refractivity contribution in [3.05, 3.63) is 107 Å². The molecule has 1 saturated heterocycles. The van der Waals surface area contributed by atoms with Crippen LogP contribution in [0.1, 0.15) is 62.1 Å². The van der Waals surface area contributed by atoms with Gasteiger partial charge in [-0.05, 0) is 92.4 Å². The highest BCUT2D eigenvalue weighted by Gasteiger charge is 2.28. The van der Waals surface area contributed by atoms with E-state index in [4.69, 9.17) is 0 Å². The van der Waals surface area contributed by atoms with E-state index in [1.807, 2.05) is 25.2 Å². The highest BCUT2D eigenvalue weighted by Crippen LogP contribution is 2.37. The third kappa shape index (κ3) is 7.43. The van der Waals surface area contributed by atoms with Crippen LogP contribution in [0.4, 0.5) is 0 Å². The summed E-state index contributed by atoms with van der Waals surface area (Å²) in [5.41, 5.74) is 6.89. The lowest BCUT2D eigenvalue weighted by atomic mass is 9.77. The van der Waals surface area contributed by atoms with Crippen LogP contribution >= 0.6 is 0 Å². The molecule has 0 radical (unpaired) electrons. The summed E-state index contributed by atoms with van der Waals surface area (Å²) in [5.74, 6) is 2.19. The van der Waals surface area contributed by atoms with Gasteiger partial charge in [-0.1, -0.05) is 72.8 Å². The number of amidine groups is 1. The van der Waals surface area contributed by atoms with E-state index in [0.29, 0.717) is 17.4 Å².